The number of hydrogen-bond acceptors (Lipinski definition) is 6. The molecule has 30 heavy (non-hydrogen) atoms. The highest BCUT2D eigenvalue weighted by Gasteiger charge is 2.30. The largest absolute Gasteiger partial charge is 0.508 e. The molecule has 1 aromatic carbocycles. The molecule has 0 radical (unpaired) electrons. The lowest BCUT2D eigenvalue weighted by Gasteiger charge is -2.26. The van der Waals surface area contributed by atoms with Gasteiger partial charge in [-0.05, 0) is 37.5 Å². The van der Waals surface area contributed by atoms with Crippen molar-refractivity contribution in [3.05, 3.63) is 29.8 Å². The van der Waals surface area contributed by atoms with Crippen molar-refractivity contribution in [2.45, 2.75) is 58.3 Å². The van der Waals surface area contributed by atoms with E-state index in [0.717, 1.165) is 0 Å². The number of carboxylic acid groups (broad SMARTS) is 1. The molecule has 10 nitrogen and oxygen atoms in total. The molecule has 0 aromatic heterocycles. The van der Waals surface area contributed by atoms with E-state index in [-0.39, 0.29) is 18.1 Å². The average molecular weight is 422 g/mol. The zero-order valence-electron chi connectivity index (χ0n) is 17.5. The van der Waals surface area contributed by atoms with E-state index < -0.39 is 47.9 Å². The lowest BCUT2D eigenvalue weighted by Crippen LogP contribution is -2.58. The minimum atomic E-state index is -1.20. The highest BCUT2D eigenvalue weighted by Crippen LogP contribution is 2.12. The summed E-state index contributed by atoms with van der Waals surface area (Å²) in [6, 6.07) is 2.11. The minimum absolute atomic E-state index is 0.0588. The van der Waals surface area contributed by atoms with E-state index in [2.05, 4.69) is 16.0 Å². The molecular formula is C20H30N4O6. The van der Waals surface area contributed by atoms with Crippen molar-refractivity contribution in [3.63, 3.8) is 0 Å². The summed E-state index contributed by atoms with van der Waals surface area (Å²) < 4.78 is 0. The number of phenols is 1. The molecule has 1 rings (SSSR count). The van der Waals surface area contributed by atoms with Gasteiger partial charge in [-0.25, -0.2) is 0 Å². The van der Waals surface area contributed by atoms with Crippen LogP contribution < -0.4 is 21.7 Å². The van der Waals surface area contributed by atoms with Crippen LogP contribution in [-0.2, 0) is 25.6 Å². The minimum Gasteiger partial charge on any atom is -0.508 e. The molecule has 0 fully saturated rings. The first-order valence-corrected chi connectivity index (χ1v) is 9.59. The van der Waals surface area contributed by atoms with Crippen LogP contribution in [0.15, 0.2) is 24.3 Å². The maximum absolute atomic E-state index is 12.9. The Morgan fingerprint density at radius 3 is 1.93 bits per heavy atom. The summed E-state index contributed by atoms with van der Waals surface area (Å²) in [6.45, 7) is 6.19. The van der Waals surface area contributed by atoms with Crippen molar-refractivity contribution >= 4 is 23.7 Å². The maximum atomic E-state index is 12.9. The van der Waals surface area contributed by atoms with Crippen LogP contribution in [0.2, 0.25) is 0 Å². The summed E-state index contributed by atoms with van der Waals surface area (Å²) in [6.07, 6.45) is 0.0997. The van der Waals surface area contributed by atoms with E-state index in [1.54, 1.807) is 26.0 Å². The Bertz CT molecular complexity index is 763. The lowest BCUT2D eigenvalue weighted by atomic mass is 10.0. The molecule has 0 spiro atoms. The van der Waals surface area contributed by atoms with Gasteiger partial charge in [0, 0.05) is 6.42 Å². The molecule has 7 N–H and O–H groups in total. The summed E-state index contributed by atoms with van der Waals surface area (Å²) >= 11 is 0. The summed E-state index contributed by atoms with van der Waals surface area (Å²) in [7, 11) is 0. The van der Waals surface area contributed by atoms with Crippen LogP contribution in [0.4, 0.5) is 0 Å². The third-order valence-corrected chi connectivity index (χ3v) is 4.40. The molecule has 0 aliphatic carbocycles. The number of nitrogens with two attached hydrogens (primary N) is 1. The number of hydrogen-bond donors (Lipinski definition) is 6. The zero-order valence-corrected chi connectivity index (χ0v) is 17.5. The fraction of sp³-hybridized carbons (Fsp3) is 0.500. The van der Waals surface area contributed by atoms with Crippen LogP contribution >= 0.6 is 0 Å². The highest BCUT2D eigenvalue weighted by molar-refractivity contribution is 5.94. The number of rotatable bonds is 10. The van der Waals surface area contributed by atoms with Gasteiger partial charge in [-0.1, -0.05) is 26.0 Å². The average Bonchev–Trinajstić information content (AvgIpc) is 2.66. The first-order chi connectivity index (χ1) is 13.9. The number of benzene rings is 1. The van der Waals surface area contributed by atoms with Gasteiger partial charge in [-0.3, -0.25) is 19.2 Å². The quantitative estimate of drug-likeness (QED) is 0.295. The molecular weight excluding hydrogens is 392 g/mol. The Hall–Kier alpha value is -3.14. The number of carbonyl (C=O) groups is 4. The van der Waals surface area contributed by atoms with Crippen LogP contribution in [0.3, 0.4) is 0 Å². The van der Waals surface area contributed by atoms with Gasteiger partial charge in [0.2, 0.25) is 17.7 Å². The van der Waals surface area contributed by atoms with Gasteiger partial charge in [-0.15, -0.1) is 0 Å². The first kappa shape index (κ1) is 24.9. The van der Waals surface area contributed by atoms with Crippen LogP contribution in [0.5, 0.6) is 5.75 Å². The number of nitrogens with one attached hydrogen (secondary N) is 3. The second kappa shape index (κ2) is 11.1. The number of aromatic hydroxyl groups is 1. The van der Waals surface area contributed by atoms with Crippen molar-refractivity contribution < 1.29 is 29.4 Å². The van der Waals surface area contributed by atoms with Gasteiger partial charge >= 0.3 is 5.97 Å². The Balaban J connectivity index is 3.01. The molecule has 0 saturated carbocycles. The SMILES string of the molecule is CC(C)[C@H](NC(=O)[C@H](Cc1ccc(O)cc1)NC(=O)[C@H](C)N)C(=O)N[C@@H](C)C(=O)O. The second-order valence-electron chi connectivity index (χ2n) is 7.52. The Kier molecular flexibility index (Phi) is 9.25. The molecule has 0 saturated heterocycles. The number of carbonyl (C=O) groups excluding carboxylic acids is 3. The molecule has 0 unspecified atom stereocenters. The van der Waals surface area contributed by atoms with E-state index in [0.29, 0.717) is 5.56 Å². The standard InChI is InChI=1S/C20H30N4O6/c1-10(2)16(19(28)22-12(4)20(29)30)24-18(27)15(23-17(26)11(3)21)9-13-5-7-14(25)8-6-13/h5-8,10-12,15-16,25H,9,21H2,1-4H3,(H,22,28)(H,23,26)(H,24,27)(H,29,30)/t11-,12-,15-,16-/m0/s1. The number of aliphatic carboxylic acids is 1. The Morgan fingerprint density at radius 2 is 1.47 bits per heavy atom. The van der Waals surface area contributed by atoms with Gasteiger partial charge in [0.05, 0.1) is 6.04 Å². The van der Waals surface area contributed by atoms with Gasteiger partial charge in [0.1, 0.15) is 23.9 Å². The summed E-state index contributed by atoms with van der Waals surface area (Å²) in [5.41, 5.74) is 6.25. The first-order valence-electron chi connectivity index (χ1n) is 9.59. The van der Waals surface area contributed by atoms with Crippen LogP contribution in [0.25, 0.3) is 0 Å². The summed E-state index contributed by atoms with van der Waals surface area (Å²) in [5, 5.41) is 25.9. The molecule has 10 heteroatoms. The van der Waals surface area contributed by atoms with Crippen molar-refractivity contribution in [3.8, 4) is 5.75 Å². The molecule has 166 valence electrons. The monoisotopic (exact) mass is 422 g/mol. The predicted molar refractivity (Wildman–Crippen MR) is 109 cm³/mol. The third-order valence-electron chi connectivity index (χ3n) is 4.40. The lowest BCUT2D eigenvalue weighted by molar-refractivity contribution is -0.142. The number of carboxylic acids is 1. The van der Waals surface area contributed by atoms with E-state index in [9.17, 15) is 24.3 Å². The zero-order chi connectivity index (χ0) is 23.0. The van der Waals surface area contributed by atoms with E-state index in [1.165, 1.54) is 26.0 Å². The molecule has 1 aromatic rings. The van der Waals surface area contributed by atoms with Crippen molar-refractivity contribution in [2.75, 3.05) is 0 Å². The molecule has 0 heterocycles. The van der Waals surface area contributed by atoms with E-state index >= 15 is 0 Å². The maximum Gasteiger partial charge on any atom is 0.325 e. The molecule has 0 bridgehead atoms. The smallest absolute Gasteiger partial charge is 0.325 e. The van der Waals surface area contributed by atoms with Crippen LogP contribution in [-0.4, -0.2) is 58.1 Å². The Morgan fingerprint density at radius 1 is 0.900 bits per heavy atom. The molecule has 3 amide bonds. The molecule has 4 atom stereocenters. The van der Waals surface area contributed by atoms with E-state index in [1.807, 2.05) is 0 Å². The number of amides is 3. The van der Waals surface area contributed by atoms with Crippen LogP contribution in [0, 0.1) is 5.92 Å². The van der Waals surface area contributed by atoms with Gasteiger partial charge in [-0.2, -0.15) is 0 Å². The fourth-order valence-corrected chi connectivity index (χ4v) is 2.53. The predicted octanol–water partition coefficient (Wildman–Crippen LogP) is -0.503. The van der Waals surface area contributed by atoms with Crippen molar-refractivity contribution in [1.29, 1.82) is 0 Å². The fourth-order valence-electron chi connectivity index (χ4n) is 2.53. The van der Waals surface area contributed by atoms with Crippen molar-refractivity contribution in [2.24, 2.45) is 11.7 Å². The topological polar surface area (TPSA) is 171 Å². The molecule has 0 aliphatic rings. The Labute approximate surface area is 175 Å². The van der Waals surface area contributed by atoms with Gasteiger partial charge in [0.15, 0.2) is 0 Å². The van der Waals surface area contributed by atoms with Crippen molar-refractivity contribution in [1.82, 2.24) is 16.0 Å². The molecule has 0 aliphatic heterocycles. The van der Waals surface area contributed by atoms with E-state index in [4.69, 9.17) is 10.8 Å². The summed E-state index contributed by atoms with van der Waals surface area (Å²) in [5.74, 6) is -3.29. The van der Waals surface area contributed by atoms with Crippen LogP contribution in [0.1, 0.15) is 33.3 Å². The summed E-state index contributed by atoms with van der Waals surface area (Å²) in [4.78, 5) is 48.4. The second-order valence-corrected chi connectivity index (χ2v) is 7.52. The van der Waals surface area contributed by atoms with Gasteiger partial charge < -0.3 is 31.9 Å². The highest BCUT2D eigenvalue weighted by atomic mass is 16.4. The number of phenolic OH excluding ortho intramolecular Hbond substituents is 1. The third kappa shape index (κ3) is 7.70. The van der Waals surface area contributed by atoms with Gasteiger partial charge in [0.25, 0.3) is 0 Å². The normalized spacial score (nSPS) is 14.9.